The van der Waals surface area contributed by atoms with Crippen molar-refractivity contribution in [1.29, 1.82) is 0 Å². The molecule has 0 unspecified atom stereocenters. The minimum absolute atomic E-state index is 0.0853. The number of nitrogens with one attached hydrogen (secondary N) is 1. The van der Waals surface area contributed by atoms with Crippen LogP contribution in [0.3, 0.4) is 0 Å². The Morgan fingerprint density at radius 2 is 2.05 bits per heavy atom. The van der Waals surface area contributed by atoms with Gasteiger partial charge in [-0.25, -0.2) is 4.98 Å². The summed E-state index contributed by atoms with van der Waals surface area (Å²) < 4.78 is 5.29. The number of hydrogen-bond donors (Lipinski definition) is 1. The zero-order chi connectivity index (χ0) is 15.9. The molecule has 0 radical (unpaired) electrons. The van der Waals surface area contributed by atoms with Crippen LogP contribution < -0.4 is 5.56 Å². The van der Waals surface area contributed by atoms with Crippen LogP contribution in [-0.2, 0) is 11.2 Å². The molecule has 1 aromatic carbocycles. The molecule has 0 aliphatic rings. The molecule has 0 bridgehead atoms. The number of aromatic amines is 1. The number of benzene rings is 1. The van der Waals surface area contributed by atoms with Crippen LogP contribution in [0.5, 0.6) is 0 Å². The van der Waals surface area contributed by atoms with Crippen LogP contribution in [0, 0.1) is 6.92 Å². The molecule has 1 N–H and O–H groups in total. The summed E-state index contributed by atoms with van der Waals surface area (Å²) in [7, 11) is 0. The Labute approximate surface area is 139 Å². The zero-order valence-electron chi connectivity index (χ0n) is 12.7. The van der Waals surface area contributed by atoms with Crippen LogP contribution in [0.25, 0.3) is 0 Å². The molecule has 1 heterocycles. The first-order valence-electron chi connectivity index (χ1n) is 7.15. The van der Waals surface area contributed by atoms with Gasteiger partial charge in [0.25, 0.3) is 5.56 Å². The van der Waals surface area contributed by atoms with E-state index in [0.29, 0.717) is 35.4 Å². The highest BCUT2D eigenvalue weighted by atomic mass is 35.5. The molecule has 6 heteroatoms. The Morgan fingerprint density at radius 3 is 2.73 bits per heavy atom. The summed E-state index contributed by atoms with van der Waals surface area (Å²) in [5, 5.41) is 1.34. The van der Waals surface area contributed by atoms with E-state index in [1.165, 1.54) is 11.8 Å². The highest BCUT2D eigenvalue weighted by molar-refractivity contribution is 7.99. The van der Waals surface area contributed by atoms with E-state index in [0.717, 1.165) is 17.0 Å². The maximum absolute atomic E-state index is 12.0. The van der Waals surface area contributed by atoms with Gasteiger partial charge in [0.15, 0.2) is 5.16 Å². The lowest BCUT2D eigenvalue weighted by atomic mass is 10.1. The van der Waals surface area contributed by atoms with E-state index in [1.54, 1.807) is 6.92 Å². The van der Waals surface area contributed by atoms with Crippen molar-refractivity contribution in [3.8, 4) is 0 Å². The predicted molar refractivity (Wildman–Crippen MR) is 91.1 cm³/mol. The van der Waals surface area contributed by atoms with Gasteiger partial charge in [-0.1, -0.05) is 35.5 Å². The summed E-state index contributed by atoms with van der Waals surface area (Å²) in [5.41, 5.74) is 2.45. The number of hydrogen-bond acceptors (Lipinski definition) is 4. The predicted octanol–water partition coefficient (Wildman–Crippen LogP) is 3.45. The van der Waals surface area contributed by atoms with Gasteiger partial charge in [0.1, 0.15) is 0 Å². The summed E-state index contributed by atoms with van der Waals surface area (Å²) in [6.45, 7) is 5.10. The SMILES string of the molecule is CCOCCSc1nc(Cc2ccc(Cl)cc2)c(C)c(=O)[nH]1. The maximum atomic E-state index is 12.0. The van der Waals surface area contributed by atoms with Gasteiger partial charge in [0.05, 0.1) is 12.3 Å². The first-order valence-corrected chi connectivity index (χ1v) is 8.51. The number of H-pyrrole nitrogens is 1. The van der Waals surface area contributed by atoms with Gasteiger partial charge in [0.2, 0.25) is 0 Å². The molecule has 0 saturated heterocycles. The largest absolute Gasteiger partial charge is 0.381 e. The Kier molecular flexibility index (Phi) is 6.49. The summed E-state index contributed by atoms with van der Waals surface area (Å²) in [6.07, 6.45) is 0.617. The molecule has 1 aromatic heterocycles. The number of ether oxygens (including phenoxy) is 1. The molecule has 4 nitrogen and oxygen atoms in total. The number of nitrogens with zero attached hydrogens (tertiary/aromatic N) is 1. The van der Waals surface area contributed by atoms with Crippen molar-refractivity contribution in [1.82, 2.24) is 9.97 Å². The van der Waals surface area contributed by atoms with Crippen LogP contribution in [-0.4, -0.2) is 28.9 Å². The lowest BCUT2D eigenvalue weighted by Gasteiger charge is -2.08. The second-order valence-corrected chi connectivity index (χ2v) is 6.31. The quantitative estimate of drug-likeness (QED) is 0.477. The van der Waals surface area contributed by atoms with Crippen LogP contribution in [0.1, 0.15) is 23.7 Å². The van der Waals surface area contributed by atoms with E-state index < -0.39 is 0 Å². The third-order valence-electron chi connectivity index (χ3n) is 3.19. The molecule has 0 spiro atoms. The van der Waals surface area contributed by atoms with E-state index in [2.05, 4.69) is 9.97 Å². The molecule has 0 amide bonds. The summed E-state index contributed by atoms with van der Waals surface area (Å²) in [6, 6.07) is 7.59. The molecule has 0 fully saturated rings. The fraction of sp³-hybridized carbons (Fsp3) is 0.375. The van der Waals surface area contributed by atoms with Crippen molar-refractivity contribution in [2.75, 3.05) is 19.0 Å². The van der Waals surface area contributed by atoms with E-state index in [-0.39, 0.29) is 5.56 Å². The third kappa shape index (κ3) is 4.87. The molecule has 118 valence electrons. The minimum Gasteiger partial charge on any atom is -0.381 e. The highest BCUT2D eigenvalue weighted by Gasteiger charge is 2.09. The minimum atomic E-state index is -0.0853. The van der Waals surface area contributed by atoms with Crippen molar-refractivity contribution in [3.63, 3.8) is 0 Å². The standard InChI is InChI=1S/C16H19ClN2O2S/c1-3-21-8-9-22-16-18-14(11(2)15(20)19-16)10-12-4-6-13(17)7-5-12/h4-7H,3,8-10H2,1-2H3,(H,18,19,20). The summed E-state index contributed by atoms with van der Waals surface area (Å²) in [4.78, 5) is 19.4. The third-order valence-corrected chi connectivity index (χ3v) is 4.28. The molecule has 22 heavy (non-hydrogen) atoms. The van der Waals surface area contributed by atoms with E-state index >= 15 is 0 Å². The topological polar surface area (TPSA) is 55.0 Å². The van der Waals surface area contributed by atoms with Gasteiger partial charge in [0, 0.05) is 29.4 Å². The van der Waals surface area contributed by atoms with Gasteiger partial charge in [-0.05, 0) is 31.5 Å². The van der Waals surface area contributed by atoms with Crippen molar-refractivity contribution in [2.24, 2.45) is 0 Å². The number of aromatic nitrogens is 2. The molecule has 0 atom stereocenters. The van der Waals surface area contributed by atoms with E-state index in [9.17, 15) is 4.79 Å². The van der Waals surface area contributed by atoms with Gasteiger partial charge >= 0.3 is 0 Å². The number of thioether (sulfide) groups is 1. The molecule has 2 aromatic rings. The summed E-state index contributed by atoms with van der Waals surface area (Å²) in [5.74, 6) is 0.764. The van der Waals surface area contributed by atoms with E-state index in [1.807, 2.05) is 31.2 Å². The second-order valence-electron chi connectivity index (χ2n) is 4.79. The van der Waals surface area contributed by atoms with Crippen LogP contribution in [0.2, 0.25) is 5.02 Å². The monoisotopic (exact) mass is 338 g/mol. The molecule has 0 aliphatic heterocycles. The normalized spacial score (nSPS) is 10.9. The maximum Gasteiger partial charge on any atom is 0.254 e. The first kappa shape index (κ1) is 17.1. The van der Waals surface area contributed by atoms with Crippen molar-refractivity contribution >= 4 is 23.4 Å². The Bertz CT molecular complexity index is 671. The van der Waals surface area contributed by atoms with Gasteiger partial charge < -0.3 is 9.72 Å². The fourth-order valence-electron chi connectivity index (χ4n) is 1.93. The molecular weight excluding hydrogens is 320 g/mol. The number of halogens is 1. The average Bonchev–Trinajstić information content (AvgIpc) is 2.51. The van der Waals surface area contributed by atoms with Crippen LogP contribution in [0.15, 0.2) is 34.2 Å². The van der Waals surface area contributed by atoms with Crippen molar-refractivity contribution in [2.45, 2.75) is 25.4 Å². The Morgan fingerprint density at radius 1 is 1.32 bits per heavy atom. The summed E-state index contributed by atoms with van der Waals surface area (Å²) >= 11 is 7.39. The van der Waals surface area contributed by atoms with Gasteiger partial charge in [-0.15, -0.1) is 0 Å². The van der Waals surface area contributed by atoms with Crippen LogP contribution in [0.4, 0.5) is 0 Å². The lowest BCUT2D eigenvalue weighted by Crippen LogP contribution is -2.16. The van der Waals surface area contributed by atoms with Crippen molar-refractivity contribution < 1.29 is 4.74 Å². The smallest absolute Gasteiger partial charge is 0.254 e. The molecular formula is C16H19ClN2O2S. The van der Waals surface area contributed by atoms with Gasteiger partial charge in [-0.2, -0.15) is 0 Å². The Hall–Kier alpha value is -1.30. The second kappa shape index (κ2) is 8.36. The zero-order valence-corrected chi connectivity index (χ0v) is 14.3. The molecule has 0 saturated carbocycles. The molecule has 0 aliphatic carbocycles. The first-order chi connectivity index (χ1) is 10.6. The average molecular weight is 339 g/mol. The van der Waals surface area contributed by atoms with E-state index in [4.69, 9.17) is 16.3 Å². The molecule has 2 rings (SSSR count). The number of rotatable bonds is 7. The lowest BCUT2D eigenvalue weighted by molar-refractivity contribution is 0.164. The van der Waals surface area contributed by atoms with Gasteiger partial charge in [-0.3, -0.25) is 4.79 Å². The Balaban J connectivity index is 2.14. The van der Waals surface area contributed by atoms with Crippen LogP contribution >= 0.6 is 23.4 Å². The fourth-order valence-corrected chi connectivity index (χ4v) is 2.79. The highest BCUT2D eigenvalue weighted by Crippen LogP contribution is 2.16. The van der Waals surface area contributed by atoms with Crippen molar-refractivity contribution in [3.05, 3.63) is 56.5 Å².